The van der Waals surface area contributed by atoms with E-state index < -0.39 is 6.10 Å². The third-order valence-corrected chi connectivity index (χ3v) is 4.40. The molecule has 1 aromatic carbocycles. The summed E-state index contributed by atoms with van der Waals surface area (Å²) in [6, 6.07) is 5.47. The molecular formula is C16H24FNO. The van der Waals surface area contributed by atoms with Crippen LogP contribution < -0.4 is 4.90 Å². The van der Waals surface area contributed by atoms with E-state index in [0.717, 1.165) is 6.42 Å². The van der Waals surface area contributed by atoms with Crippen molar-refractivity contribution in [2.75, 3.05) is 11.9 Å². The van der Waals surface area contributed by atoms with Crippen molar-refractivity contribution in [1.29, 1.82) is 0 Å². The summed E-state index contributed by atoms with van der Waals surface area (Å²) in [4.78, 5) is 2.07. The van der Waals surface area contributed by atoms with Crippen molar-refractivity contribution in [3.8, 4) is 0 Å². The first-order valence-corrected chi connectivity index (χ1v) is 7.21. The van der Waals surface area contributed by atoms with Gasteiger partial charge in [0.25, 0.3) is 0 Å². The van der Waals surface area contributed by atoms with Crippen molar-refractivity contribution < 1.29 is 9.50 Å². The molecule has 0 spiro atoms. The van der Waals surface area contributed by atoms with E-state index in [1.807, 2.05) is 13.1 Å². The molecule has 0 heterocycles. The Hall–Kier alpha value is -1.09. The number of hydrogen-bond donors (Lipinski definition) is 1. The molecule has 106 valence electrons. The Kier molecular flexibility index (Phi) is 4.46. The predicted molar refractivity (Wildman–Crippen MR) is 76.9 cm³/mol. The fourth-order valence-electron chi connectivity index (χ4n) is 3.12. The first-order chi connectivity index (χ1) is 9.00. The van der Waals surface area contributed by atoms with Gasteiger partial charge in [0.2, 0.25) is 0 Å². The molecule has 0 bridgehead atoms. The fourth-order valence-corrected chi connectivity index (χ4v) is 3.12. The number of benzene rings is 1. The van der Waals surface area contributed by atoms with Crippen LogP contribution in [0, 0.1) is 11.7 Å². The van der Waals surface area contributed by atoms with Crippen LogP contribution >= 0.6 is 0 Å². The van der Waals surface area contributed by atoms with Gasteiger partial charge in [-0.2, -0.15) is 0 Å². The van der Waals surface area contributed by atoms with E-state index >= 15 is 0 Å². The molecule has 1 aliphatic carbocycles. The largest absolute Gasteiger partial charge is 0.389 e. The van der Waals surface area contributed by atoms with E-state index in [1.165, 1.54) is 25.3 Å². The monoisotopic (exact) mass is 265 g/mol. The van der Waals surface area contributed by atoms with Gasteiger partial charge in [0.15, 0.2) is 0 Å². The van der Waals surface area contributed by atoms with Crippen LogP contribution in [0.2, 0.25) is 0 Å². The molecule has 2 unspecified atom stereocenters. The highest BCUT2D eigenvalue weighted by molar-refractivity contribution is 5.50. The van der Waals surface area contributed by atoms with Gasteiger partial charge in [-0.15, -0.1) is 0 Å². The molecule has 19 heavy (non-hydrogen) atoms. The maximum Gasteiger partial charge on any atom is 0.146 e. The number of hydrogen-bond acceptors (Lipinski definition) is 2. The van der Waals surface area contributed by atoms with Crippen molar-refractivity contribution in [3.05, 3.63) is 29.6 Å². The minimum absolute atomic E-state index is 0.237. The summed E-state index contributed by atoms with van der Waals surface area (Å²) < 4.78 is 14.2. The minimum Gasteiger partial charge on any atom is -0.389 e. The van der Waals surface area contributed by atoms with Gasteiger partial charge in [0.05, 0.1) is 11.8 Å². The van der Waals surface area contributed by atoms with E-state index in [1.54, 1.807) is 13.0 Å². The van der Waals surface area contributed by atoms with Gasteiger partial charge in [-0.1, -0.05) is 25.8 Å². The maximum absolute atomic E-state index is 14.2. The number of nitrogens with zero attached hydrogens (tertiary/aromatic N) is 1. The molecule has 0 radical (unpaired) electrons. The quantitative estimate of drug-likeness (QED) is 0.896. The molecule has 0 aromatic heterocycles. The zero-order valence-corrected chi connectivity index (χ0v) is 12.1. The van der Waals surface area contributed by atoms with Crippen molar-refractivity contribution in [2.45, 2.75) is 51.7 Å². The van der Waals surface area contributed by atoms with Gasteiger partial charge >= 0.3 is 0 Å². The van der Waals surface area contributed by atoms with Crippen molar-refractivity contribution in [3.63, 3.8) is 0 Å². The van der Waals surface area contributed by atoms with Gasteiger partial charge in [-0.05, 0) is 43.4 Å². The van der Waals surface area contributed by atoms with Gasteiger partial charge in [-0.3, -0.25) is 0 Å². The second-order valence-electron chi connectivity index (χ2n) is 5.83. The maximum atomic E-state index is 14.2. The lowest BCUT2D eigenvalue weighted by atomic mass is 9.85. The Balaban J connectivity index is 2.21. The lowest BCUT2D eigenvalue weighted by Gasteiger charge is -2.37. The molecule has 1 aromatic rings. The number of aliphatic hydroxyl groups excluding tert-OH is 1. The van der Waals surface area contributed by atoms with Gasteiger partial charge in [0, 0.05) is 13.1 Å². The summed E-state index contributed by atoms with van der Waals surface area (Å²) in [5.41, 5.74) is 1.27. The van der Waals surface area contributed by atoms with Crippen molar-refractivity contribution >= 4 is 5.69 Å². The molecule has 1 N–H and O–H groups in total. The molecular weight excluding hydrogens is 241 g/mol. The highest BCUT2D eigenvalue weighted by Gasteiger charge is 2.26. The normalized spacial score (nSPS) is 25.1. The molecule has 0 aliphatic heterocycles. The Morgan fingerprint density at radius 1 is 1.32 bits per heavy atom. The van der Waals surface area contributed by atoms with Crippen molar-refractivity contribution in [2.24, 2.45) is 5.92 Å². The van der Waals surface area contributed by atoms with E-state index in [4.69, 9.17) is 0 Å². The van der Waals surface area contributed by atoms with E-state index in [-0.39, 0.29) is 5.82 Å². The van der Waals surface area contributed by atoms with E-state index in [9.17, 15) is 9.50 Å². The van der Waals surface area contributed by atoms with Crippen LogP contribution in [-0.2, 0) is 0 Å². The SMILES string of the molecule is CC1CCCCC1N(C)c1ccc([C@H](C)O)cc1F. The average Bonchev–Trinajstić information content (AvgIpc) is 2.38. The number of anilines is 1. The molecule has 1 aliphatic rings. The van der Waals surface area contributed by atoms with E-state index in [0.29, 0.717) is 23.2 Å². The number of aliphatic hydroxyl groups is 1. The summed E-state index contributed by atoms with van der Waals surface area (Å²) >= 11 is 0. The smallest absolute Gasteiger partial charge is 0.146 e. The van der Waals surface area contributed by atoms with Crippen LogP contribution in [0.5, 0.6) is 0 Å². The lowest BCUT2D eigenvalue weighted by molar-refractivity contribution is 0.199. The van der Waals surface area contributed by atoms with E-state index in [2.05, 4.69) is 11.8 Å². The Morgan fingerprint density at radius 3 is 2.58 bits per heavy atom. The predicted octanol–water partition coefficient (Wildman–Crippen LogP) is 3.89. The topological polar surface area (TPSA) is 23.5 Å². The van der Waals surface area contributed by atoms with Crippen LogP contribution in [0.1, 0.15) is 51.2 Å². The molecule has 0 saturated heterocycles. The molecule has 0 amide bonds. The van der Waals surface area contributed by atoms with Crippen LogP contribution in [0.25, 0.3) is 0 Å². The summed E-state index contributed by atoms with van der Waals surface area (Å²) in [6.07, 6.45) is 4.25. The van der Waals surface area contributed by atoms with Crippen LogP contribution in [0.3, 0.4) is 0 Å². The zero-order valence-electron chi connectivity index (χ0n) is 12.1. The Morgan fingerprint density at radius 2 is 2.00 bits per heavy atom. The lowest BCUT2D eigenvalue weighted by Crippen LogP contribution is -2.39. The van der Waals surface area contributed by atoms with Gasteiger partial charge in [0.1, 0.15) is 5.82 Å². The molecule has 2 rings (SSSR count). The van der Waals surface area contributed by atoms with Crippen LogP contribution in [0.15, 0.2) is 18.2 Å². The molecule has 3 atom stereocenters. The summed E-state index contributed by atoms with van der Waals surface area (Å²) in [5, 5.41) is 9.49. The second-order valence-corrected chi connectivity index (χ2v) is 5.83. The molecule has 3 heteroatoms. The highest BCUT2D eigenvalue weighted by Crippen LogP contribution is 2.32. The second kappa shape index (κ2) is 5.91. The summed E-state index contributed by atoms with van der Waals surface area (Å²) in [6.45, 7) is 3.91. The molecule has 1 saturated carbocycles. The molecule has 1 fully saturated rings. The third kappa shape index (κ3) is 3.08. The Bertz CT molecular complexity index is 433. The van der Waals surface area contributed by atoms with Crippen LogP contribution in [-0.4, -0.2) is 18.2 Å². The first-order valence-electron chi connectivity index (χ1n) is 7.21. The fraction of sp³-hybridized carbons (Fsp3) is 0.625. The van der Waals surface area contributed by atoms with Crippen LogP contribution in [0.4, 0.5) is 10.1 Å². The summed E-state index contributed by atoms with van der Waals surface area (Å²) in [7, 11) is 1.98. The highest BCUT2D eigenvalue weighted by atomic mass is 19.1. The average molecular weight is 265 g/mol. The standard InChI is InChI=1S/C16H24FNO/c1-11-6-4-5-7-15(11)18(3)16-9-8-13(12(2)19)10-14(16)17/h8-12,15,19H,4-7H2,1-3H3/t11?,12-,15?/m0/s1. The third-order valence-electron chi connectivity index (χ3n) is 4.40. The number of halogens is 1. The van der Waals surface area contributed by atoms with Crippen molar-refractivity contribution in [1.82, 2.24) is 0 Å². The zero-order chi connectivity index (χ0) is 14.0. The number of rotatable bonds is 3. The minimum atomic E-state index is -0.623. The first kappa shape index (κ1) is 14.3. The summed E-state index contributed by atoms with van der Waals surface area (Å²) in [5.74, 6) is 0.369. The van der Waals surface area contributed by atoms with Gasteiger partial charge in [-0.25, -0.2) is 4.39 Å². The Labute approximate surface area is 115 Å². The van der Waals surface area contributed by atoms with Gasteiger partial charge < -0.3 is 10.0 Å². The molecule has 2 nitrogen and oxygen atoms in total.